The number of hydrogen-bond donors (Lipinski definition) is 1. The highest BCUT2D eigenvalue weighted by molar-refractivity contribution is 6.30. The Bertz CT molecular complexity index is 583. The van der Waals surface area contributed by atoms with Gasteiger partial charge in [-0.3, -0.25) is 4.68 Å². The van der Waals surface area contributed by atoms with Crippen LogP contribution in [0, 0.1) is 0 Å². The van der Waals surface area contributed by atoms with E-state index in [4.69, 9.17) is 16.3 Å². The van der Waals surface area contributed by atoms with Crippen molar-refractivity contribution in [2.24, 2.45) is 0 Å². The van der Waals surface area contributed by atoms with Crippen LogP contribution < -0.4 is 10.1 Å². The maximum atomic E-state index is 6.06. The van der Waals surface area contributed by atoms with Crippen LogP contribution in [-0.4, -0.2) is 23.4 Å². The molecule has 1 unspecified atom stereocenters. The quantitative estimate of drug-likeness (QED) is 0.848. The lowest BCUT2D eigenvalue weighted by Crippen LogP contribution is -2.23. The van der Waals surface area contributed by atoms with E-state index in [0.29, 0.717) is 5.02 Å². The van der Waals surface area contributed by atoms with Crippen LogP contribution in [0.15, 0.2) is 30.6 Å². The molecule has 114 valence electrons. The second-order valence-electron chi connectivity index (χ2n) is 4.90. The molecule has 0 aliphatic heterocycles. The summed E-state index contributed by atoms with van der Waals surface area (Å²) in [6.07, 6.45) is 5.04. The van der Waals surface area contributed by atoms with Crippen molar-refractivity contribution >= 4 is 11.6 Å². The lowest BCUT2D eigenvalue weighted by molar-refractivity contribution is 0.404. The Kier molecular flexibility index (Phi) is 5.65. The lowest BCUT2D eigenvalue weighted by atomic mass is 10.0. The van der Waals surface area contributed by atoms with E-state index in [0.717, 1.165) is 36.4 Å². The molecule has 2 rings (SSSR count). The van der Waals surface area contributed by atoms with Crippen molar-refractivity contribution in [3.63, 3.8) is 0 Å². The van der Waals surface area contributed by atoms with Gasteiger partial charge in [0.05, 0.1) is 19.3 Å². The number of benzene rings is 1. The summed E-state index contributed by atoms with van der Waals surface area (Å²) >= 11 is 6.06. The van der Waals surface area contributed by atoms with E-state index in [2.05, 4.69) is 30.5 Å². The molecule has 0 radical (unpaired) electrons. The van der Waals surface area contributed by atoms with E-state index in [1.165, 1.54) is 0 Å². The van der Waals surface area contributed by atoms with Crippen LogP contribution in [-0.2, 0) is 6.54 Å². The molecule has 0 fully saturated rings. The summed E-state index contributed by atoms with van der Waals surface area (Å²) in [5, 5.41) is 8.60. The number of nitrogens with zero attached hydrogens (tertiary/aromatic N) is 2. The van der Waals surface area contributed by atoms with Gasteiger partial charge in [-0.1, -0.05) is 24.6 Å². The Morgan fingerprint density at radius 2 is 2.19 bits per heavy atom. The van der Waals surface area contributed by atoms with Gasteiger partial charge in [-0.15, -0.1) is 0 Å². The average Bonchev–Trinajstić information content (AvgIpc) is 2.97. The Labute approximate surface area is 131 Å². The minimum Gasteiger partial charge on any atom is -0.496 e. The number of ether oxygens (including phenoxy) is 1. The van der Waals surface area contributed by atoms with Crippen LogP contribution in [0.4, 0.5) is 0 Å². The van der Waals surface area contributed by atoms with Crippen molar-refractivity contribution in [1.82, 2.24) is 15.1 Å². The zero-order valence-corrected chi connectivity index (χ0v) is 13.5. The summed E-state index contributed by atoms with van der Waals surface area (Å²) in [4.78, 5) is 0. The molecule has 4 nitrogen and oxygen atoms in total. The van der Waals surface area contributed by atoms with Crippen molar-refractivity contribution in [3.05, 3.63) is 46.7 Å². The van der Waals surface area contributed by atoms with Crippen LogP contribution in [0.3, 0.4) is 0 Å². The first-order valence-corrected chi connectivity index (χ1v) is 7.66. The summed E-state index contributed by atoms with van der Waals surface area (Å²) in [6.45, 7) is 6.01. The minimum atomic E-state index is 0.0532. The van der Waals surface area contributed by atoms with Gasteiger partial charge in [0.1, 0.15) is 5.75 Å². The number of nitrogens with one attached hydrogen (secondary N) is 1. The fraction of sp³-hybridized carbons (Fsp3) is 0.438. The third kappa shape index (κ3) is 3.77. The second kappa shape index (κ2) is 7.48. The number of rotatable bonds is 7. The van der Waals surface area contributed by atoms with Crippen molar-refractivity contribution in [3.8, 4) is 5.75 Å². The fourth-order valence-electron chi connectivity index (χ4n) is 2.32. The zero-order valence-electron chi connectivity index (χ0n) is 12.8. The zero-order chi connectivity index (χ0) is 15.2. The molecule has 5 heteroatoms. The van der Waals surface area contributed by atoms with Crippen LogP contribution in [0.2, 0.25) is 5.02 Å². The van der Waals surface area contributed by atoms with Crippen molar-refractivity contribution in [2.75, 3.05) is 13.7 Å². The highest BCUT2D eigenvalue weighted by atomic mass is 35.5. The Morgan fingerprint density at radius 1 is 1.38 bits per heavy atom. The van der Waals surface area contributed by atoms with E-state index in [9.17, 15) is 0 Å². The molecular formula is C16H22ClN3O. The van der Waals surface area contributed by atoms with Gasteiger partial charge in [0.15, 0.2) is 0 Å². The SMILES string of the molecule is CCCNC(c1cnn(CC)c1)c1ccc(Cl)cc1OC. The van der Waals surface area contributed by atoms with Gasteiger partial charge in [0, 0.05) is 28.9 Å². The summed E-state index contributed by atoms with van der Waals surface area (Å²) in [7, 11) is 1.67. The molecule has 1 aromatic heterocycles. The fourth-order valence-corrected chi connectivity index (χ4v) is 2.48. The molecule has 0 aliphatic rings. The van der Waals surface area contributed by atoms with Crippen LogP contribution in [0.1, 0.15) is 37.4 Å². The van der Waals surface area contributed by atoms with E-state index in [1.807, 2.05) is 29.1 Å². The molecule has 1 heterocycles. The predicted molar refractivity (Wildman–Crippen MR) is 86.0 cm³/mol. The number of aryl methyl sites for hydroxylation is 1. The summed E-state index contributed by atoms with van der Waals surface area (Å²) in [5.74, 6) is 0.792. The maximum absolute atomic E-state index is 6.06. The molecule has 0 amide bonds. The van der Waals surface area contributed by atoms with E-state index >= 15 is 0 Å². The molecular weight excluding hydrogens is 286 g/mol. The van der Waals surface area contributed by atoms with Gasteiger partial charge in [-0.25, -0.2) is 0 Å². The highest BCUT2D eigenvalue weighted by Crippen LogP contribution is 2.32. The van der Waals surface area contributed by atoms with Crippen molar-refractivity contribution < 1.29 is 4.74 Å². The normalized spacial score (nSPS) is 12.4. The van der Waals surface area contributed by atoms with E-state index in [1.54, 1.807) is 7.11 Å². The molecule has 0 spiro atoms. The topological polar surface area (TPSA) is 39.1 Å². The molecule has 0 saturated heterocycles. The van der Waals surface area contributed by atoms with Gasteiger partial charge >= 0.3 is 0 Å². The molecule has 1 N–H and O–H groups in total. The van der Waals surface area contributed by atoms with Gasteiger partial charge < -0.3 is 10.1 Å². The molecule has 21 heavy (non-hydrogen) atoms. The third-order valence-corrected chi connectivity index (χ3v) is 3.65. The van der Waals surface area contributed by atoms with Crippen LogP contribution >= 0.6 is 11.6 Å². The van der Waals surface area contributed by atoms with E-state index in [-0.39, 0.29) is 6.04 Å². The van der Waals surface area contributed by atoms with Gasteiger partial charge in [0.2, 0.25) is 0 Å². The summed E-state index contributed by atoms with van der Waals surface area (Å²) < 4.78 is 7.42. The van der Waals surface area contributed by atoms with Gasteiger partial charge in [0.25, 0.3) is 0 Å². The number of hydrogen-bond acceptors (Lipinski definition) is 3. The van der Waals surface area contributed by atoms with Gasteiger partial charge in [-0.2, -0.15) is 5.10 Å². The first kappa shape index (κ1) is 15.9. The lowest BCUT2D eigenvalue weighted by Gasteiger charge is -2.20. The van der Waals surface area contributed by atoms with Crippen molar-refractivity contribution in [1.29, 1.82) is 0 Å². The molecule has 1 aromatic carbocycles. The highest BCUT2D eigenvalue weighted by Gasteiger charge is 2.19. The van der Waals surface area contributed by atoms with Crippen molar-refractivity contribution in [2.45, 2.75) is 32.9 Å². The average molecular weight is 308 g/mol. The summed E-state index contributed by atoms with van der Waals surface area (Å²) in [6, 6.07) is 5.81. The molecule has 2 aromatic rings. The monoisotopic (exact) mass is 307 g/mol. The molecule has 0 aliphatic carbocycles. The number of aromatic nitrogens is 2. The maximum Gasteiger partial charge on any atom is 0.125 e. The Balaban J connectivity index is 2.39. The minimum absolute atomic E-state index is 0.0532. The largest absolute Gasteiger partial charge is 0.496 e. The Hall–Kier alpha value is -1.52. The third-order valence-electron chi connectivity index (χ3n) is 3.42. The standard InChI is InChI=1S/C16H22ClN3O/c1-4-8-18-16(12-10-19-20(5-2)11-12)14-7-6-13(17)9-15(14)21-3/h6-7,9-11,16,18H,4-5,8H2,1-3H3. The number of methoxy groups -OCH3 is 1. The first-order valence-electron chi connectivity index (χ1n) is 7.28. The predicted octanol–water partition coefficient (Wildman–Crippen LogP) is 3.65. The summed E-state index contributed by atoms with van der Waals surface area (Å²) in [5.41, 5.74) is 2.21. The molecule has 0 bridgehead atoms. The van der Waals surface area contributed by atoms with Gasteiger partial charge in [-0.05, 0) is 32.0 Å². The number of halogens is 1. The van der Waals surface area contributed by atoms with Crippen LogP contribution in [0.25, 0.3) is 0 Å². The van der Waals surface area contributed by atoms with E-state index < -0.39 is 0 Å². The molecule has 1 atom stereocenters. The smallest absolute Gasteiger partial charge is 0.125 e. The Morgan fingerprint density at radius 3 is 2.81 bits per heavy atom. The molecule has 0 saturated carbocycles. The second-order valence-corrected chi connectivity index (χ2v) is 5.34. The van der Waals surface area contributed by atoms with Crippen LogP contribution in [0.5, 0.6) is 5.75 Å². The first-order chi connectivity index (χ1) is 10.2.